The molecular formula is C31H21N. The lowest BCUT2D eigenvalue weighted by Gasteiger charge is -2.08. The molecule has 1 heteroatoms. The van der Waals surface area contributed by atoms with E-state index in [9.17, 15) is 0 Å². The predicted octanol–water partition coefficient (Wildman–Crippen LogP) is 8.24. The number of benzene rings is 5. The summed E-state index contributed by atoms with van der Waals surface area (Å²) in [5, 5.41) is 11.1. The maximum absolute atomic E-state index is 8.41. The van der Waals surface area contributed by atoms with Crippen molar-refractivity contribution in [2.45, 2.75) is 0 Å². The molecule has 0 radical (unpaired) electrons. The molecule has 0 amide bonds. The van der Waals surface area contributed by atoms with Gasteiger partial charge >= 0.3 is 0 Å². The van der Waals surface area contributed by atoms with E-state index in [1.165, 1.54) is 44.2 Å². The van der Waals surface area contributed by atoms with Crippen molar-refractivity contribution in [1.29, 1.82) is 5.41 Å². The van der Waals surface area contributed by atoms with Crippen LogP contribution in [-0.4, -0.2) is 5.71 Å². The highest BCUT2D eigenvalue weighted by atomic mass is 14.4. The van der Waals surface area contributed by atoms with Crippen LogP contribution in [0.5, 0.6) is 0 Å². The third kappa shape index (κ3) is 3.07. The van der Waals surface area contributed by atoms with Crippen molar-refractivity contribution in [2.75, 3.05) is 0 Å². The molecule has 0 atom stereocenters. The highest BCUT2D eigenvalue weighted by molar-refractivity contribution is 6.15. The van der Waals surface area contributed by atoms with Crippen LogP contribution in [0.3, 0.4) is 0 Å². The standard InChI is InChI=1S/C31H21N/c32-30(19-12-21-6-2-1-3-7-21)23-15-13-22(14-16-23)25-17-18-26-27-10-4-8-24-9-5-11-28(31(24)27)29(26)20-25/h1-20,32H/b19-12-,32-30?. The van der Waals surface area contributed by atoms with Gasteiger partial charge in [0.1, 0.15) is 0 Å². The second-order valence-electron chi connectivity index (χ2n) is 8.20. The van der Waals surface area contributed by atoms with Gasteiger partial charge in [-0.25, -0.2) is 0 Å². The Morgan fingerprint density at radius 2 is 1.25 bits per heavy atom. The fourth-order valence-corrected chi connectivity index (χ4v) is 4.65. The molecule has 0 heterocycles. The van der Waals surface area contributed by atoms with Crippen LogP contribution < -0.4 is 0 Å². The monoisotopic (exact) mass is 407 g/mol. The second-order valence-corrected chi connectivity index (χ2v) is 8.20. The Hall–Kier alpha value is -4.23. The summed E-state index contributed by atoms with van der Waals surface area (Å²) in [6.45, 7) is 0. The highest BCUT2D eigenvalue weighted by Crippen LogP contribution is 2.48. The van der Waals surface area contributed by atoms with E-state index in [0.717, 1.165) is 11.1 Å². The van der Waals surface area contributed by atoms with E-state index in [4.69, 9.17) is 5.41 Å². The molecule has 0 bridgehead atoms. The van der Waals surface area contributed by atoms with Gasteiger partial charge in [-0.3, -0.25) is 0 Å². The molecule has 1 nitrogen and oxygen atoms in total. The average molecular weight is 408 g/mol. The topological polar surface area (TPSA) is 23.9 Å². The Bertz CT molecular complexity index is 1500. The Labute approximate surface area is 187 Å². The van der Waals surface area contributed by atoms with Gasteiger partial charge in [-0.15, -0.1) is 0 Å². The van der Waals surface area contributed by atoms with Crippen molar-refractivity contribution in [3.05, 3.63) is 126 Å². The van der Waals surface area contributed by atoms with E-state index in [2.05, 4.69) is 66.7 Å². The minimum Gasteiger partial charge on any atom is -0.300 e. The maximum Gasteiger partial charge on any atom is 0.0612 e. The van der Waals surface area contributed by atoms with Crippen LogP contribution in [0.1, 0.15) is 11.1 Å². The molecule has 1 aliphatic carbocycles. The maximum atomic E-state index is 8.41. The molecule has 0 saturated heterocycles. The van der Waals surface area contributed by atoms with Crippen molar-refractivity contribution >= 4 is 22.6 Å². The molecule has 6 rings (SSSR count). The van der Waals surface area contributed by atoms with E-state index in [1.807, 2.05) is 54.6 Å². The molecule has 0 aromatic heterocycles. The molecule has 1 aliphatic rings. The first-order chi connectivity index (χ1) is 15.8. The Kier molecular flexibility index (Phi) is 4.33. The molecule has 5 aromatic carbocycles. The number of rotatable bonds is 4. The van der Waals surface area contributed by atoms with Gasteiger partial charge in [0.2, 0.25) is 0 Å². The number of hydrogen-bond acceptors (Lipinski definition) is 1. The zero-order valence-electron chi connectivity index (χ0n) is 17.5. The van der Waals surface area contributed by atoms with Gasteiger partial charge in [0.25, 0.3) is 0 Å². The van der Waals surface area contributed by atoms with Gasteiger partial charge in [0, 0.05) is 0 Å². The van der Waals surface area contributed by atoms with Crippen LogP contribution in [-0.2, 0) is 0 Å². The average Bonchev–Trinajstić information content (AvgIpc) is 3.18. The van der Waals surface area contributed by atoms with Crippen LogP contribution >= 0.6 is 0 Å². The molecule has 5 aromatic rings. The number of nitrogens with one attached hydrogen (secondary N) is 1. The molecule has 1 N–H and O–H groups in total. The van der Waals surface area contributed by atoms with E-state index in [1.54, 1.807) is 0 Å². The summed E-state index contributed by atoms with van der Waals surface area (Å²) in [4.78, 5) is 0. The minimum absolute atomic E-state index is 0.511. The Balaban J connectivity index is 1.31. The van der Waals surface area contributed by atoms with Gasteiger partial charge in [-0.05, 0) is 67.4 Å². The van der Waals surface area contributed by atoms with Crippen LogP contribution in [0.2, 0.25) is 0 Å². The SMILES string of the molecule is N=C(/C=C\c1ccccc1)c1ccc(-c2ccc3c(c2)-c2cccc4cccc-3c24)cc1. The van der Waals surface area contributed by atoms with E-state index in [-0.39, 0.29) is 0 Å². The van der Waals surface area contributed by atoms with Gasteiger partial charge in [-0.1, -0.05) is 109 Å². The summed E-state index contributed by atoms with van der Waals surface area (Å²) in [6.07, 6.45) is 3.84. The molecule has 0 unspecified atom stereocenters. The summed E-state index contributed by atoms with van der Waals surface area (Å²) in [5.74, 6) is 0. The molecule has 0 aliphatic heterocycles. The number of hydrogen-bond donors (Lipinski definition) is 1. The predicted molar refractivity (Wildman–Crippen MR) is 136 cm³/mol. The number of allylic oxidation sites excluding steroid dienone is 1. The summed E-state index contributed by atoms with van der Waals surface area (Å²) >= 11 is 0. The van der Waals surface area contributed by atoms with Gasteiger partial charge in [-0.2, -0.15) is 0 Å². The lowest BCUT2D eigenvalue weighted by molar-refractivity contribution is 1.49. The zero-order valence-corrected chi connectivity index (χ0v) is 17.5. The smallest absolute Gasteiger partial charge is 0.0612 e. The second kappa shape index (κ2) is 7.47. The molecule has 0 spiro atoms. The van der Waals surface area contributed by atoms with Crippen molar-refractivity contribution in [3.8, 4) is 33.4 Å². The lowest BCUT2D eigenvalue weighted by Crippen LogP contribution is -1.94. The van der Waals surface area contributed by atoms with E-state index in [0.29, 0.717) is 5.71 Å². The van der Waals surface area contributed by atoms with Gasteiger partial charge < -0.3 is 5.41 Å². The first-order valence-corrected chi connectivity index (χ1v) is 10.9. The van der Waals surface area contributed by atoms with Gasteiger partial charge in [0.05, 0.1) is 5.71 Å². The molecular weight excluding hydrogens is 386 g/mol. The molecule has 32 heavy (non-hydrogen) atoms. The van der Waals surface area contributed by atoms with Crippen molar-refractivity contribution in [3.63, 3.8) is 0 Å². The van der Waals surface area contributed by atoms with E-state index >= 15 is 0 Å². The first kappa shape index (κ1) is 18.5. The van der Waals surface area contributed by atoms with Crippen molar-refractivity contribution in [2.24, 2.45) is 0 Å². The Morgan fingerprint density at radius 3 is 2.00 bits per heavy atom. The summed E-state index contributed by atoms with van der Waals surface area (Å²) in [6, 6.07) is 38.3. The van der Waals surface area contributed by atoms with Crippen LogP contribution in [0.4, 0.5) is 0 Å². The fourth-order valence-electron chi connectivity index (χ4n) is 4.65. The first-order valence-electron chi connectivity index (χ1n) is 10.9. The van der Waals surface area contributed by atoms with Crippen LogP contribution in [0, 0.1) is 5.41 Å². The molecule has 150 valence electrons. The minimum atomic E-state index is 0.511. The van der Waals surface area contributed by atoms with Crippen LogP contribution in [0.15, 0.2) is 115 Å². The summed E-state index contributed by atoms with van der Waals surface area (Å²) < 4.78 is 0. The van der Waals surface area contributed by atoms with Crippen LogP contribution in [0.25, 0.3) is 50.2 Å². The third-order valence-electron chi connectivity index (χ3n) is 6.28. The normalized spacial score (nSPS) is 11.8. The largest absolute Gasteiger partial charge is 0.300 e. The quantitative estimate of drug-likeness (QED) is 0.285. The lowest BCUT2D eigenvalue weighted by atomic mass is 9.96. The summed E-state index contributed by atoms with van der Waals surface area (Å²) in [7, 11) is 0. The fraction of sp³-hybridized carbons (Fsp3) is 0. The van der Waals surface area contributed by atoms with Crippen molar-refractivity contribution in [1.82, 2.24) is 0 Å². The van der Waals surface area contributed by atoms with Crippen molar-refractivity contribution < 1.29 is 0 Å². The number of fused-ring (bicyclic) bond motifs is 3. The molecule has 0 saturated carbocycles. The highest BCUT2D eigenvalue weighted by Gasteiger charge is 2.21. The Morgan fingerprint density at radius 1 is 0.562 bits per heavy atom. The molecule has 0 fully saturated rings. The summed E-state index contributed by atoms with van der Waals surface area (Å²) in [5.41, 5.74) is 10.2. The van der Waals surface area contributed by atoms with Gasteiger partial charge in [0.15, 0.2) is 0 Å². The van der Waals surface area contributed by atoms with E-state index < -0.39 is 0 Å². The third-order valence-corrected chi connectivity index (χ3v) is 6.28. The zero-order chi connectivity index (χ0) is 21.5.